The van der Waals surface area contributed by atoms with E-state index in [1.54, 1.807) is 23.6 Å². The lowest BCUT2D eigenvalue weighted by Crippen LogP contribution is -2.22. The van der Waals surface area contributed by atoms with E-state index in [0.717, 1.165) is 27.7 Å². The van der Waals surface area contributed by atoms with Crippen LogP contribution in [0.15, 0.2) is 22.5 Å². The summed E-state index contributed by atoms with van der Waals surface area (Å²) in [7, 11) is -3.45. The Morgan fingerprint density at radius 3 is 2.62 bits per heavy atom. The second kappa shape index (κ2) is 7.46. The summed E-state index contributed by atoms with van der Waals surface area (Å²) < 4.78 is 27.4. The van der Waals surface area contributed by atoms with Gasteiger partial charge >= 0.3 is 0 Å². The third-order valence-electron chi connectivity index (χ3n) is 2.81. The summed E-state index contributed by atoms with van der Waals surface area (Å²) >= 11 is 2.84. The fraction of sp³-hybridized carbons (Fsp3) is 0.462. The summed E-state index contributed by atoms with van der Waals surface area (Å²) in [5.74, 6) is 0. The molecule has 0 saturated carbocycles. The maximum atomic E-state index is 12.2. The van der Waals surface area contributed by atoms with Crippen LogP contribution < -0.4 is 10.0 Å². The molecule has 0 bridgehead atoms. The number of thiazole rings is 1. The third-order valence-corrected chi connectivity index (χ3v) is 6.93. The van der Waals surface area contributed by atoms with Crippen LogP contribution in [0.1, 0.15) is 28.6 Å². The molecule has 2 aromatic heterocycles. The van der Waals surface area contributed by atoms with E-state index in [1.807, 2.05) is 13.0 Å². The van der Waals surface area contributed by atoms with Gasteiger partial charge in [-0.15, -0.1) is 22.7 Å². The molecule has 0 aromatic carbocycles. The summed E-state index contributed by atoms with van der Waals surface area (Å²) in [6, 6.07) is 3.50. The molecule has 0 radical (unpaired) electrons. The van der Waals surface area contributed by atoms with E-state index < -0.39 is 10.0 Å². The molecule has 21 heavy (non-hydrogen) atoms. The Hall–Kier alpha value is -0.800. The Morgan fingerprint density at radius 1 is 1.14 bits per heavy atom. The van der Waals surface area contributed by atoms with Crippen molar-refractivity contribution in [3.8, 4) is 0 Å². The Morgan fingerprint density at radius 2 is 1.95 bits per heavy atom. The average molecular weight is 346 g/mol. The van der Waals surface area contributed by atoms with Crippen LogP contribution in [-0.2, 0) is 29.5 Å². The number of nitrogens with zero attached hydrogens (tertiary/aromatic N) is 1. The highest BCUT2D eigenvalue weighted by molar-refractivity contribution is 7.91. The first kappa shape index (κ1) is 16.6. The molecule has 0 atom stereocenters. The first-order valence-electron chi connectivity index (χ1n) is 6.77. The number of sulfonamides is 1. The zero-order chi connectivity index (χ0) is 15.3. The van der Waals surface area contributed by atoms with E-state index >= 15 is 0 Å². The Balaban J connectivity index is 1.99. The molecule has 0 unspecified atom stereocenters. The topological polar surface area (TPSA) is 71.1 Å². The van der Waals surface area contributed by atoms with Crippen LogP contribution >= 0.6 is 22.7 Å². The van der Waals surface area contributed by atoms with E-state index in [4.69, 9.17) is 0 Å². The van der Waals surface area contributed by atoms with E-state index in [9.17, 15) is 8.42 Å². The van der Waals surface area contributed by atoms with Gasteiger partial charge in [0.1, 0.15) is 9.22 Å². The van der Waals surface area contributed by atoms with Crippen LogP contribution in [-0.4, -0.2) is 19.9 Å². The molecule has 0 aliphatic carbocycles. The van der Waals surface area contributed by atoms with Gasteiger partial charge in [0.2, 0.25) is 10.0 Å². The molecular weight excluding hydrogens is 326 g/mol. The SMILES string of the molecule is CCNCc1ccc(S(=O)(=O)NCc2ncc(CC)s2)s1. The largest absolute Gasteiger partial charge is 0.312 e. The van der Waals surface area contributed by atoms with Crippen LogP contribution in [0.4, 0.5) is 0 Å². The second-order valence-corrected chi connectivity index (χ2v) is 8.76. The molecule has 8 heteroatoms. The van der Waals surface area contributed by atoms with Gasteiger partial charge in [0.25, 0.3) is 0 Å². The summed E-state index contributed by atoms with van der Waals surface area (Å²) in [4.78, 5) is 6.39. The number of hydrogen-bond acceptors (Lipinski definition) is 6. The minimum Gasteiger partial charge on any atom is -0.312 e. The molecular formula is C13H19N3O2S3. The van der Waals surface area contributed by atoms with Crippen molar-refractivity contribution in [1.29, 1.82) is 0 Å². The van der Waals surface area contributed by atoms with Crippen molar-refractivity contribution >= 4 is 32.7 Å². The van der Waals surface area contributed by atoms with Gasteiger partial charge in [-0.3, -0.25) is 0 Å². The van der Waals surface area contributed by atoms with Gasteiger partial charge < -0.3 is 5.32 Å². The van der Waals surface area contributed by atoms with Gasteiger partial charge in [-0.2, -0.15) is 0 Å². The van der Waals surface area contributed by atoms with Crippen molar-refractivity contribution in [1.82, 2.24) is 15.0 Å². The lowest BCUT2D eigenvalue weighted by atomic mass is 10.4. The zero-order valence-corrected chi connectivity index (χ0v) is 14.5. The predicted octanol–water partition coefficient (Wildman–Crippen LogP) is 2.35. The first-order chi connectivity index (χ1) is 10.0. The van der Waals surface area contributed by atoms with Gasteiger partial charge in [-0.05, 0) is 25.1 Å². The molecule has 116 valence electrons. The Bertz CT molecular complexity index is 676. The van der Waals surface area contributed by atoms with Crippen LogP contribution in [0.3, 0.4) is 0 Å². The van der Waals surface area contributed by atoms with Gasteiger partial charge in [-0.25, -0.2) is 18.1 Å². The molecule has 2 aromatic rings. The third kappa shape index (κ3) is 4.58. The highest BCUT2D eigenvalue weighted by Crippen LogP contribution is 2.22. The van der Waals surface area contributed by atoms with Gasteiger partial charge in [-0.1, -0.05) is 13.8 Å². The molecule has 0 spiro atoms. The minimum atomic E-state index is -3.45. The summed E-state index contributed by atoms with van der Waals surface area (Å²) in [6.07, 6.45) is 2.72. The monoisotopic (exact) mass is 345 g/mol. The van der Waals surface area contributed by atoms with Crippen molar-refractivity contribution in [3.63, 3.8) is 0 Å². The molecule has 5 nitrogen and oxygen atoms in total. The number of aromatic nitrogens is 1. The molecule has 0 aliphatic heterocycles. The Kier molecular flexibility index (Phi) is 5.88. The van der Waals surface area contributed by atoms with Crippen molar-refractivity contribution in [3.05, 3.63) is 33.1 Å². The van der Waals surface area contributed by atoms with E-state index in [-0.39, 0.29) is 6.54 Å². The van der Waals surface area contributed by atoms with Crippen molar-refractivity contribution in [2.45, 2.75) is 37.6 Å². The zero-order valence-electron chi connectivity index (χ0n) is 12.0. The van der Waals surface area contributed by atoms with Crippen molar-refractivity contribution < 1.29 is 8.42 Å². The number of hydrogen-bond donors (Lipinski definition) is 2. The molecule has 2 rings (SSSR count). The molecule has 0 fully saturated rings. The van der Waals surface area contributed by atoms with Crippen LogP contribution in [0.5, 0.6) is 0 Å². The lowest BCUT2D eigenvalue weighted by molar-refractivity contribution is 0.583. The fourth-order valence-corrected chi connectivity index (χ4v) is 4.92. The van der Waals surface area contributed by atoms with Crippen molar-refractivity contribution in [2.75, 3.05) is 6.54 Å². The highest BCUT2D eigenvalue weighted by atomic mass is 32.2. The van der Waals surface area contributed by atoms with Crippen LogP contribution in [0.2, 0.25) is 0 Å². The standard InChI is InChI=1S/C13H19N3O2S3/c1-3-10-8-15-12(19-10)9-16-21(17,18)13-6-5-11(20-13)7-14-4-2/h5-6,8,14,16H,3-4,7,9H2,1-2H3. The van der Waals surface area contributed by atoms with E-state index in [1.165, 1.54) is 11.3 Å². The highest BCUT2D eigenvalue weighted by Gasteiger charge is 2.17. The molecule has 2 heterocycles. The molecule has 2 N–H and O–H groups in total. The maximum absolute atomic E-state index is 12.2. The summed E-state index contributed by atoms with van der Waals surface area (Å²) in [6.45, 7) is 5.88. The first-order valence-corrected chi connectivity index (χ1v) is 9.89. The fourth-order valence-electron chi connectivity index (χ4n) is 1.67. The van der Waals surface area contributed by atoms with Gasteiger partial charge in [0, 0.05) is 22.5 Å². The number of aryl methyl sites for hydroxylation is 1. The van der Waals surface area contributed by atoms with Gasteiger partial charge in [0.15, 0.2) is 0 Å². The van der Waals surface area contributed by atoms with E-state index in [2.05, 4.69) is 21.9 Å². The second-order valence-electron chi connectivity index (χ2n) is 4.40. The smallest absolute Gasteiger partial charge is 0.250 e. The van der Waals surface area contributed by atoms with Crippen LogP contribution in [0, 0.1) is 0 Å². The number of thiophene rings is 1. The maximum Gasteiger partial charge on any atom is 0.250 e. The predicted molar refractivity (Wildman–Crippen MR) is 87.2 cm³/mol. The average Bonchev–Trinajstić information content (AvgIpc) is 3.12. The van der Waals surface area contributed by atoms with Crippen molar-refractivity contribution in [2.24, 2.45) is 0 Å². The summed E-state index contributed by atoms with van der Waals surface area (Å²) in [5.41, 5.74) is 0. The summed E-state index contributed by atoms with van der Waals surface area (Å²) in [5, 5.41) is 3.97. The Labute approximate surface area is 133 Å². The van der Waals surface area contributed by atoms with E-state index in [0.29, 0.717) is 10.8 Å². The molecule has 0 saturated heterocycles. The number of rotatable bonds is 8. The van der Waals surface area contributed by atoms with Crippen LogP contribution in [0.25, 0.3) is 0 Å². The molecule has 0 amide bonds. The quantitative estimate of drug-likeness (QED) is 0.770. The minimum absolute atomic E-state index is 0.243. The lowest BCUT2D eigenvalue weighted by Gasteiger charge is -2.02. The normalized spacial score (nSPS) is 11.9. The molecule has 0 aliphatic rings. The van der Waals surface area contributed by atoms with Gasteiger partial charge in [0.05, 0.1) is 6.54 Å². The number of nitrogens with one attached hydrogen (secondary N) is 2.